The molecule has 258 valence electrons. The summed E-state index contributed by atoms with van der Waals surface area (Å²) in [5, 5.41) is -0.213. The van der Waals surface area contributed by atoms with Crippen LogP contribution in [0.15, 0.2) is 12.7 Å². The van der Waals surface area contributed by atoms with E-state index in [1.165, 1.54) is 6.33 Å². The van der Waals surface area contributed by atoms with Crippen LogP contribution in [0.2, 0.25) is 36.3 Å². The van der Waals surface area contributed by atoms with E-state index in [1.54, 1.807) is 47.9 Å². The van der Waals surface area contributed by atoms with Crippen LogP contribution >= 0.6 is 7.82 Å². The molecule has 0 aromatic carbocycles. The van der Waals surface area contributed by atoms with E-state index in [4.69, 9.17) is 32.9 Å². The van der Waals surface area contributed by atoms with Crippen molar-refractivity contribution < 1.29 is 31.7 Å². The molecule has 0 bridgehead atoms. The van der Waals surface area contributed by atoms with E-state index in [9.17, 15) is 4.57 Å². The molecule has 4 atom stereocenters. The van der Waals surface area contributed by atoms with Crippen molar-refractivity contribution in [1.82, 2.24) is 19.5 Å². The van der Waals surface area contributed by atoms with Crippen molar-refractivity contribution in [3.63, 3.8) is 0 Å². The Bertz CT molecular complexity index is 1360. The van der Waals surface area contributed by atoms with Gasteiger partial charge in [0, 0.05) is 0 Å². The zero-order valence-electron chi connectivity index (χ0n) is 30.3. The molecule has 1 saturated heterocycles. The molecule has 0 unspecified atom stereocenters. The number of hydrogen-bond acceptors (Lipinski definition) is 11. The number of hydrogen-bond donors (Lipinski definition) is 1. The van der Waals surface area contributed by atoms with E-state index in [2.05, 4.69) is 82.7 Å². The monoisotopic (exact) mass is 687 g/mol. The number of phosphoric acid groups is 1. The summed E-state index contributed by atoms with van der Waals surface area (Å²) in [4.78, 5) is 13.1. The van der Waals surface area contributed by atoms with E-state index in [-0.39, 0.29) is 22.5 Å². The summed E-state index contributed by atoms with van der Waals surface area (Å²) < 4.78 is 55.0. The number of phosphoric ester groups is 1. The fourth-order valence-electron chi connectivity index (χ4n) is 4.33. The van der Waals surface area contributed by atoms with Crippen molar-refractivity contribution in [3.8, 4) is 0 Å². The molecule has 0 aliphatic carbocycles. The van der Waals surface area contributed by atoms with Gasteiger partial charge in [0.25, 0.3) is 0 Å². The van der Waals surface area contributed by atoms with Crippen molar-refractivity contribution in [1.29, 1.82) is 0 Å². The number of aromatic nitrogens is 4. The van der Waals surface area contributed by atoms with Crippen LogP contribution < -0.4 is 5.73 Å². The highest BCUT2D eigenvalue weighted by molar-refractivity contribution is 7.48. The zero-order chi connectivity index (χ0) is 34.6. The highest BCUT2D eigenvalue weighted by Crippen LogP contribution is 2.56. The predicted molar refractivity (Wildman–Crippen MR) is 183 cm³/mol. The van der Waals surface area contributed by atoms with Crippen molar-refractivity contribution >= 4 is 41.4 Å². The minimum atomic E-state index is -4.05. The standard InChI is InChI=1S/C30H58N5O7PSi2/c1-27(2,3)41-43(36,42-28(4,5)6)37-17-20-22(39-44(13,14)29(7,8)9)23(40-45(15,16)30(10,11)12)26(38-20)35-19-34-21-24(31)32-18-33-25(21)35/h18-20,22-23,26H,17H2,1-16H3,(H2,31,32,33)/t20-,22-,23-,26-/m1/s1. The third-order valence-electron chi connectivity index (χ3n) is 8.59. The molecule has 2 N–H and O–H groups in total. The Balaban J connectivity index is 2.16. The van der Waals surface area contributed by atoms with E-state index in [0.717, 1.165) is 0 Å². The van der Waals surface area contributed by atoms with Gasteiger partial charge in [0.1, 0.15) is 30.2 Å². The second-order valence-electron chi connectivity index (χ2n) is 17.0. The Morgan fingerprint density at radius 2 is 1.31 bits per heavy atom. The van der Waals surface area contributed by atoms with Crippen LogP contribution in [0.1, 0.15) is 89.3 Å². The van der Waals surface area contributed by atoms with E-state index >= 15 is 0 Å². The van der Waals surface area contributed by atoms with Gasteiger partial charge in [0.15, 0.2) is 34.3 Å². The first-order valence-corrected chi connectivity index (χ1v) is 22.9. The highest BCUT2D eigenvalue weighted by atomic mass is 31.2. The Labute approximate surface area is 272 Å². The van der Waals surface area contributed by atoms with Crippen LogP contribution in [0, 0.1) is 0 Å². The molecule has 2 aromatic heterocycles. The first kappa shape index (κ1) is 38.2. The van der Waals surface area contributed by atoms with Gasteiger partial charge in [0.05, 0.1) is 24.1 Å². The van der Waals surface area contributed by atoms with Crippen LogP contribution in [0.25, 0.3) is 11.2 Å². The molecule has 12 nitrogen and oxygen atoms in total. The van der Waals surface area contributed by atoms with Gasteiger partial charge in [-0.3, -0.25) is 18.1 Å². The lowest BCUT2D eigenvalue weighted by atomic mass is 10.1. The van der Waals surface area contributed by atoms with Crippen LogP contribution in [-0.2, 0) is 31.7 Å². The Morgan fingerprint density at radius 3 is 1.78 bits per heavy atom. The van der Waals surface area contributed by atoms with Gasteiger partial charge in [-0.25, -0.2) is 19.5 Å². The normalized spacial score (nSPS) is 22.8. The highest BCUT2D eigenvalue weighted by Gasteiger charge is 2.55. The predicted octanol–water partition coefficient (Wildman–Crippen LogP) is 7.84. The number of fused-ring (bicyclic) bond motifs is 1. The largest absolute Gasteiger partial charge is 0.475 e. The smallest absolute Gasteiger partial charge is 0.408 e. The summed E-state index contributed by atoms with van der Waals surface area (Å²) in [5.74, 6) is 0.271. The van der Waals surface area contributed by atoms with Gasteiger partial charge in [0.2, 0.25) is 0 Å². The number of nitrogen functional groups attached to an aromatic ring is 1. The minimum absolute atomic E-state index is 0.103. The zero-order valence-corrected chi connectivity index (χ0v) is 33.2. The lowest BCUT2D eigenvalue weighted by molar-refractivity contribution is -0.0598. The molecule has 0 saturated carbocycles. The van der Waals surface area contributed by atoms with Crippen LogP contribution in [0.4, 0.5) is 5.82 Å². The molecule has 3 rings (SSSR count). The molecule has 1 fully saturated rings. The van der Waals surface area contributed by atoms with Crippen LogP contribution in [-0.4, -0.2) is 72.3 Å². The molecular weight excluding hydrogens is 630 g/mol. The number of nitrogens with zero attached hydrogens (tertiary/aromatic N) is 4. The van der Waals surface area contributed by atoms with Gasteiger partial charge in [-0.1, -0.05) is 41.5 Å². The quantitative estimate of drug-likeness (QED) is 0.193. The number of anilines is 1. The summed E-state index contributed by atoms with van der Waals surface area (Å²) >= 11 is 0. The maximum Gasteiger partial charge on any atom is 0.475 e. The number of nitrogens with two attached hydrogens (primary N) is 1. The maximum absolute atomic E-state index is 14.1. The summed E-state index contributed by atoms with van der Waals surface area (Å²) in [6, 6.07) is 0. The van der Waals surface area contributed by atoms with E-state index in [1.807, 2.05) is 4.57 Å². The molecular formula is C30H58N5O7PSi2. The number of rotatable bonds is 10. The average molecular weight is 688 g/mol. The van der Waals surface area contributed by atoms with Crippen molar-refractivity contribution in [2.75, 3.05) is 12.3 Å². The lowest BCUT2D eigenvalue weighted by Gasteiger charge is -2.44. The van der Waals surface area contributed by atoms with Crippen LogP contribution in [0.3, 0.4) is 0 Å². The van der Waals surface area contributed by atoms with Gasteiger partial charge in [-0.2, -0.15) is 0 Å². The Morgan fingerprint density at radius 1 is 0.822 bits per heavy atom. The molecule has 0 spiro atoms. The molecule has 45 heavy (non-hydrogen) atoms. The summed E-state index contributed by atoms with van der Waals surface area (Å²) in [6.07, 6.45) is 0.491. The molecule has 2 aromatic rings. The average Bonchev–Trinajstić information content (AvgIpc) is 3.36. The molecule has 1 aliphatic heterocycles. The molecule has 1 aliphatic rings. The molecule has 3 heterocycles. The lowest BCUT2D eigenvalue weighted by Crippen LogP contribution is -2.54. The fourth-order valence-corrected chi connectivity index (χ4v) is 8.75. The molecule has 15 heteroatoms. The van der Waals surface area contributed by atoms with Crippen molar-refractivity contribution in [3.05, 3.63) is 12.7 Å². The number of ether oxygens (including phenoxy) is 1. The SMILES string of the molecule is CC(C)(C)OP(=O)(OC[C@H]1O[C@@H](n2cnc3c(N)ncnc32)[C@H](O[Si](C)(C)C(C)(C)C)[C@@H]1O[Si](C)(C)C(C)(C)C)OC(C)(C)C. The first-order chi connectivity index (χ1) is 20.1. The van der Waals surface area contributed by atoms with E-state index < -0.39 is 60.2 Å². The summed E-state index contributed by atoms with van der Waals surface area (Å²) in [7, 11) is -8.85. The van der Waals surface area contributed by atoms with Gasteiger partial charge < -0.3 is 19.3 Å². The van der Waals surface area contributed by atoms with Crippen molar-refractivity contribution in [2.24, 2.45) is 0 Å². The summed E-state index contributed by atoms with van der Waals surface area (Å²) in [5.41, 5.74) is 5.55. The third-order valence-corrected chi connectivity index (χ3v) is 19.5. The number of imidazole rings is 1. The van der Waals surface area contributed by atoms with E-state index in [0.29, 0.717) is 11.2 Å². The van der Waals surface area contributed by atoms with Gasteiger partial charge in [-0.15, -0.1) is 0 Å². The Kier molecular flexibility index (Phi) is 10.8. The van der Waals surface area contributed by atoms with Crippen LogP contribution in [0.5, 0.6) is 0 Å². The fraction of sp³-hybridized carbons (Fsp3) is 0.833. The van der Waals surface area contributed by atoms with Gasteiger partial charge in [-0.05, 0) is 77.8 Å². The second kappa shape index (κ2) is 12.7. The first-order valence-electron chi connectivity index (χ1n) is 15.7. The topological polar surface area (TPSA) is 142 Å². The maximum atomic E-state index is 14.1. The third kappa shape index (κ3) is 9.23. The Hall–Kier alpha value is -1.23. The minimum Gasteiger partial charge on any atom is -0.408 e. The van der Waals surface area contributed by atoms with Gasteiger partial charge >= 0.3 is 7.82 Å². The summed E-state index contributed by atoms with van der Waals surface area (Å²) in [6.45, 7) is 32.6. The molecule has 0 radical (unpaired) electrons. The van der Waals surface area contributed by atoms with Crippen molar-refractivity contribution in [2.45, 2.75) is 155 Å². The molecule has 0 amide bonds. The second-order valence-corrected chi connectivity index (χ2v) is 28.0.